The van der Waals surface area contributed by atoms with Crippen LogP contribution in [0.3, 0.4) is 0 Å². The van der Waals surface area contributed by atoms with E-state index in [-0.39, 0.29) is 24.7 Å². The molecule has 2 aliphatic heterocycles. The topological polar surface area (TPSA) is 183 Å². The minimum absolute atomic E-state index is 0.00296. The Hall–Kier alpha value is -5.33. The summed E-state index contributed by atoms with van der Waals surface area (Å²) >= 11 is 0. The van der Waals surface area contributed by atoms with E-state index < -0.39 is 24.1 Å². The molecule has 2 aliphatic rings. The normalized spacial score (nSPS) is 17.9. The third-order valence-corrected chi connectivity index (χ3v) is 8.57. The lowest BCUT2D eigenvalue weighted by Gasteiger charge is -2.12. The summed E-state index contributed by atoms with van der Waals surface area (Å²) in [5.74, 6) is -2.89. The molecule has 0 aliphatic carbocycles. The summed E-state index contributed by atoms with van der Waals surface area (Å²) in [6.45, 7) is 14.7. The third kappa shape index (κ3) is 6.79. The number of ether oxygens (including phenoxy) is 2. The summed E-state index contributed by atoms with van der Waals surface area (Å²) in [5.41, 5.74) is 7.04. The SMILES string of the molecule is C=CC1=C(C)C(=O)NC1=Cc1[nH]c(C=c2[nH]c(=CC3=NC(=O)C(C)=C3C=C)c(C)c2CC(OC)C(=O)O)c(CC(OC)C(=O)O)c1C. The van der Waals surface area contributed by atoms with Crippen molar-refractivity contribution in [2.75, 3.05) is 14.2 Å². The quantitative estimate of drug-likeness (QED) is 0.221. The smallest absolute Gasteiger partial charge is 0.333 e. The highest BCUT2D eigenvalue weighted by atomic mass is 16.5. The first kappa shape index (κ1) is 34.5. The minimum Gasteiger partial charge on any atom is -0.479 e. The predicted octanol–water partition coefficient (Wildman–Crippen LogP) is 2.31. The van der Waals surface area contributed by atoms with Crippen molar-refractivity contribution in [1.82, 2.24) is 15.3 Å². The summed E-state index contributed by atoms with van der Waals surface area (Å²) in [5, 5.41) is 23.6. The van der Waals surface area contributed by atoms with E-state index in [0.29, 0.717) is 72.5 Å². The molecule has 2 aromatic rings. The van der Waals surface area contributed by atoms with Crippen molar-refractivity contribution >= 4 is 47.7 Å². The monoisotopic (exact) mass is 642 g/mol. The number of rotatable bonds is 13. The van der Waals surface area contributed by atoms with Crippen LogP contribution in [0.4, 0.5) is 0 Å². The molecule has 0 radical (unpaired) electrons. The molecule has 12 heteroatoms. The van der Waals surface area contributed by atoms with Gasteiger partial charge in [0.1, 0.15) is 0 Å². The molecule has 4 heterocycles. The van der Waals surface area contributed by atoms with Gasteiger partial charge in [0, 0.05) is 71.4 Å². The number of carboxylic acids is 2. The number of H-pyrrole nitrogens is 2. The van der Waals surface area contributed by atoms with Crippen LogP contribution in [-0.4, -0.2) is 76.1 Å². The van der Waals surface area contributed by atoms with Crippen LogP contribution in [0.15, 0.2) is 58.3 Å². The number of nitrogens with one attached hydrogen (secondary N) is 3. The number of hydrogen-bond donors (Lipinski definition) is 5. The molecule has 2 atom stereocenters. The minimum atomic E-state index is -1.16. The zero-order valence-electron chi connectivity index (χ0n) is 27.2. The molecule has 246 valence electrons. The Morgan fingerprint density at radius 1 is 0.787 bits per heavy atom. The maximum atomic E-state index is 12.4. The van der Waals surface area contributed by atoms with E-state index in [1.165, 1.54) is 14.2 Å². The predicted molar refractivity (Wildman–Crippen MR) is 177 cm³/mol. The summed E-state index contributed by atoms with van der Waals surface area (Å²) in [6.07, 6.45) is 6.09. The fourth-order valence-electron chi connectivity index (χ4n) is 5.67. The van der Waals surface area contributed by atoms with Crippen LogP contribution in [0.5, 0.6) is 0 Å². The van der Waals surface area contributed by atoms with E-state index in [0.717, 1.165) is 5.56 Å². The Kier molecular flexibility index (Phi) is 10.3. The Morgan fingerprint density at radius 3 is 1.94 bits per heavy atom. The van der Waals surface area contributed by atoms with Gasteiger partial charge in [-0.3, -0.25) is 9.59 Å². The van der Waals surface area contributed by atoms with Crippen LogP contribution in [0.25, 0.3) is 18.2 Å². The number of carboxylic acid groups (broad SMARTS) is 2. The van der Waals surface area contributed by atoms with Crippen LogP contribution in [0.1, 0.15) is 47.5 Å². The Morgan fingerprint density at radius 2 is 1.38 bits per heavy atom. The number of allylic oxidation sites excluding steroid dienone is 3. The van der Waals surface area contributed by atoms with Crippen molar-refractivity contribution in [3.63, 3.8) is 0 Å². The Balaban J connectivity index is 2.00. The molecule has 2 unspecified atom stereocenters. The average molecular weight is 643 g/mol. The first-order valence-electron chi connectivity index (χ1n) is 14.7. The molecule has 0 saturated heterocycles. The largest absolute Gasteiger partial charge is 0.479 e. The number of nitrogens with zero attached hydrogens (tertiary/aromatic N) is 1. The second kappa shape index (κ2) is 14.0. The van der Waals surface area contributed by atoms with Gasteiger partial charge in [-0.2, -0.15) is 0 Å². The van der Waals surface area contributed by atoms with Crippen molar-refractivity contribution < 1.29 is 38.9 Å². The standard InChI is InChI=1S/C35H38N4O8/c1-9-20-18(5)32(40)38-26(20)13-24-16(3)22(11-30(46-7)34(42)43)28(36-24)15-29-23(12-31(47-8)35(44)45)17(4)25(37-29)14-27-21(10-2)19(6)33(41)39-27/h9-10,13-15,30-31,36-37H,1-2,11-12H2,3-8H3,(H,38,40)(H,42,43)(H,44,45). The van der Waals surface area contributed by atoms with E-state index in [2.05, 4.69) is 33.4 Å². The van der Waals surface area contributed by atoms with E-state index in [1.54, 1.807) is 44.2 Å². The van der Waals surface area contributed by atoms with Crippen LogP contribution >= 0.6 is 0 Å². The van der Waals surface area contributed by atoms with Gasteiger partial charge in [0.2, 0.25) is 0 Å². The molecule has 2 aromatic heterocycles. The van der Waals surface area contributed by atoms with Gasteiger partial charge in [0.25, 0.3) is 11.8 Å². The highest BCUT2D eigenvalue weighted by Gasteiger charge is 2.26. The van der Waals surface area contributed by atoms with E-state index in [1.807, 2.05) is 13.8 Å². The zero-order chi connectivity index (χ0) is 34.7. The molecule has 4 rings (SSSR count). The zero-order valence-corrected chi connectivity index (χ0v) is 27.2. The second-order valence-electron chi connectivity index (χ2n) is 11.2. The first-order valence-corrected chi connectivity index (χ1v) is 14.7. The number of carbonyl (C=O) groups excluding carboxylic acids is 2. The number of aromatic nitrogens is 2. The van der Waals surface area contributed by atoms with Gasteiger partial charge in [-0.05, 0) is 68.2 Å². The summed E-state index contributed by atoms with van der Waals surface area (Å²) < 4.78 is 10.5. The highest BCUT2D eigenvalue weighted by molar-refractivity contribution is 6.32. The van der Waals surface area contributed by atoms with Crippen molar-refractivity contribution in [2.24, 2.45) is 4.99 Å². The molecule has 5 N–H and O–H groups in total. The molecule has 0 fully saturated rings. The average Bonchev–Trinajstić information content (AvgIpc) is 3.67. The number of methoxy groups -OCH3 is 2. The van der Waals surface area contributed by atoms with Crippen molar-refractivity contribution in [1.29, 1.82) is 0 Å². The van der Waals surface area contributed by atoms with Gasteiger partial charge in [-0.15, -0.1) is 0 Å². The molecule has 12 nitrogen and oxygen atoms in total. The van der Waals surface area contributed by atoms with Crippen molar-refractivity contribution in [3.05, 3.63) is 97.6 Å². The van der Waals surface area contributed by atoms with Gasteiger partial charge in [0.05, 0.1) is 11.4 Å². The van der Waals surface area contributed by atoms with Crippen LogP contribution in [-0.2, 0) is 41.5 Å². The van der Waals surface area contributed by atoms with Gasteiger partial charge in [-0.25, -0.2) is 14.6 Å². The van der Waals surface area contributed by atoms with E-state index in [9.17, 15) is 29.4 Å². The summed E-state index contributed by atoms with van der Waals surface area (Å²) in [4.78, 5) is 59.5. The lowest BCUT2D eigenvalue weighted by Crippen LogP contribution is -2.27. The number of carbonyl (C=O) groups is 4. The van der Waals surface area contributed by atoms with Crippen LogP contribution in [0.2, 0.25) is 0 Å². The molecule has 0 spiro atoms. The molecule has 2 amide bonds. The fourth-order valence-corrected chi connectivity index (χ4v) is 5.67. The number of aliphatic imine (C=N–C) groups is 1. The number of aliphatic carboxylic acids is 2. The maximum absolute atomic E-state index is 12.4. The number of aromatic amines is 2. The fraction of sp³-hybridized carbons (Fsp3) is 0.286. The highest BCUT2D eigenvalue weighted by Crippen LogP contribution is 2.28. The number of hydrogen-bond acceptors (Lipinski definition) is 6. The molecule has 47 heavy (non-hydrogen) atoms. The molecule has 0 aromatic carbocycles. The third-order valence-electron chi connectivity index (χ3n) is 8.57. The van der Waals surface area contributed by atoms with Gasteiger partial charge in [-0.1, -0.05) is 25.3 Å². The first-order chi connectivity index (χ1) is 22.3. The van der Waals surface area contributed by atoms with Crippen molar-refractivity contribution in [2.45, 2.75) is 52.7 Å². The van der Waals surface area contributed by atoms with Crippen LogP contribution in [0, 0.1) is 13.8 Å². The van der Waals surface area contributed by atoms with Crippen LogP contribution < -0.4 is 16.0 Å². The van der Waals surface area contributed by atoms with Crippen molar-refractivity contribution in [3.8, 4) is 0 Å². The lowest BCUT2D eigenvalue weighted by molar-refractivity contribution is -0.149. The second-order valence-corrected chi connectivity index (χ2v) is 11.2. The molecular weight excluding hydrogens is 604 g/mol. The number of amides is 2. The van der Waals surface area contributed by atoms with Gasteiger partial charge < -0.3 is 35.0 Å². The Labute approximate surface area is 271 Å². The summed E-state index contributed by atoms with van der Waals surface area (Å²) in [6, 6.07) is 0. The molecule has 0 bridgehead atoms. The van der Waals surface area contributed by atoms with E-state index >= 15 is 0 Å². The van der Waals surface area contributed by atoms with Gasteiger partial charge in [0.15, 0.2) is 12.2 Å². The Bertz CT molecular complexity index is 1960. The lowest BCUT2D eigenvalue weighted by atomic mass is 10.0. The molecular formula is C35H38N4O8. The maximum Gasteiger partial charge on any atom is 0.333 e. The van der Waals surface area contributed by atoms with E-state index in [4.69, 9.17) is 9.47 Å². The van der Waals surface area contributed by atoms with Gasteiger partial charge >= 0.3 is 11.9 Å². The summed E-state index contributed by atoms with van der Waals surface area (Å²) in [7, 11) is 2.64. The molecule has 0 saturated carbocycles.